The van der Waals surface area contributed by atoms with E-state index in [9.17, 15) is 0 Å². The minimum absolute atomic E-state index is 0.170. The van der Waals surface area contributed by atoms with Crippen LogP contribution in [0.25, 0.3) is 11.0 Å². The van der Waals surface area contributed by atoms with Gasteiger partial charge in [-0.2, -0.15) is 0 Å². The highest BCUT2D eigenvalue weighted by Crippen LogP contribution is 2.30. The summed E-state index contributed by atoms with van der Waals surface area (Å²) in [5.41, 5.74) is 6.23. The van der Waals surface area contributed by atoms with Gasteiger partial charge in [-0.1, -0.05) is 11.2 Å². The zero-order valence-corrected chi connectivity index (χ0v) is 7.69. The number of ether oxygens (including phenoxy) is 2. The molecule has 0 spiro atoms. The molecule has 0 atom stereocenters. The lowest BCUT2D eigenvalue weighted by atomic mass is 10.2. The Hall–Kier alpha value is -1.75. The predicted molar refractivity (Wildman–Crippen MR) is 50.9 cm³/mol. The fraction of sp³-hybridized carbons (Fsp3) is 0.222. The van der Waals surface area contributed by atoms with E-state index in [0.717, 1.165) is 0 Å². The predicted octanol–water partition coefficient (Wildman–Crippen LogP) is 1.39. The summed E-state index contributed by atoms with van der Waals surface area (Å²) >= 11 is 0. The maximum absolute atomic E-state index is 5.62. The van der Waals surface area contributed by atoms with Crippen LogP contribution in [0.4, 0.5) is 5.82 Å². The average molecular weight is 194 g/mol. The van der Waals surface area contributed by atoms with Gasteiger partial charge in [0.15, 0.2) is 18.2 Å². The van der Waals surface area contributed by atoms with Crippen LogP contribution < -0.4 is 10.5 Å². The fourth-order valence-corrected chi connectivity index (χ4v) is 1.23. The third-order valence-corrected chi connectivity index (χ3v) is 1.82. The van der Waals surface area contributed by atoms with Crippen molar-refractivity contribution in [3.8, 4) is 5.75 Å². The van der Waals surface area contributed by atoms with Gasteiger partial charge in [0.2, 0.25) is 0 Å². The van der Waals surface area contributed by atoms with Gasteiger partial charge in [-0.3, -0.25) is 0 Å². The molecule has 74 valence electrons. The summed E-state index contributed by atoms with van der Waals surface area (Å²) in [6.45, 7) is 0.170. The fourth-order valence-electron chi connectivity index (χ4n) is 1.23. The number of rotatable bonds is 3. The van der Waals surface area contributed by atoms with Crippen molar-refractivity contribution < 1.29 is 14.0 Å². The number of anilines is 1. The number of methoxy groups -OCH3 is 1. The number of hydrogen-bond donors (Lipinski definition) is 1. The van der Waals surface area contributed by atoms with Crippen LogP contribution in [0.5, 0.6) is 5.75 Å². The lowest BCUT2D eigenvalue weighted by Gasteiger charge is -2.04. The number of nitrogen functional groups attached to an aromatic ring is 1. The molecule has 2 rings (SSSR count). The second kappa shape index (κ2) is 3.55. The van der Waals surface area contributed by atoms with Crippen LogP contribution in [0.1, 0.15) is 0 Å². The van der Waals surface area contributed by atoms with Gasteiger partial charge in [0, 0.05) is 7.11 Å². The molecule has 1 aromatic heterocycles. The van der Waals surface area contributed by atoms with E-state index in [-0.39, 0.29) is 6.79 Å². The smallest absolute Gasteiger partial charge is 0.188 e. The maximum atomic E-state index is 5.62. The topological polar surface area (TPSA) is 70.5 Å². The van der Waals surface area contributed by atoms with Crippen molar-refractivity contribution >= 4 is 16.8 Å². The van der Waals surface area contributed by atoms with Gasteiger partial charge in [-0.25, -0.2) is 0 Å². The second-order valence-corrected chi connectivity index (χ2v) is 2.75. The zero-order chi connectivity index (χ0) is 9.97. The quantitative estimate of drug-likeness (QED) is 0.747. The van der Waals surface area contributed by atoms with Gasteiger partial charge < -0.3 is 19.7 Å². The van der Waals surface area contributed by atoms with Crippen molar-refractivity contribution in [1.29, 1.82) is 0 Å². The van der Waals surface area contributed by atoms with Crippen LogP contribution >= 0.6 is 0 Å². The number of benzene rings is 1. The van der Waals surface area contributed by atoms with E-state index in [0.29, 0.717) is 22.5 Å². The molecular formula is C9H10N2O3. The van der Waals surface area contributed by atoms with E-state index in [1.807, 2.05) is 0 Å². The summed E-state index contributed by atoms with van der Waals surface area (Å²) < 4.78 is 15.1. The average Bonchev–Trinajstić information content (AvgIpc) is 2.58. The van der Waals surface area contributed by atoms with E-state index in [2.05, 4.69) is 5.16 Å². The van der Waals surface area contributed by atoms with E-state index in [4.69, 9.17) is 19.7 Å². The first-order valence-electron chi connectivity index (χ1n) is 4.08. The Bertz CT molecular complexity index is 439. The van der Waals surface area contributed by atoms with Gasteiger partial charge in [-0.05, 0) is 12.1 Å². The Morgan fingerprint density at radius 2 is 2.36 bits per heavy atom. The monoisotopic (exact) mass is 194 g/mol. The van der Waals surface area contributed by atoms with Crippen molar-refractivity contribution in [2.45, 2.75) is 0 Å². The first-order chi connectivity index (χ1) is 6.83. The van der Waals surface area contributed by atoms with Crippen molar-refractivity contribution in [3.63, 3.8) is 0 Å². The van der Waals surface area contributed by atoms with Crippen LogP contribution in [0.2, 0.25) is 0 Å². The standard InChI is InChI=1S/C9H10N2O3/c1-12-5-13-6-3-2-4-7-8(6)9(10)11-14-7/h2-4H,5H2,1H3,(H2,10,11). The zero-order valence-electron chi connectivity index (χ0n) is 7.69. The first kappa shape index (κ1) is 8.83. The normalized spacial score (nSPS) is 10.6. The molecule has 1 heterocycles. The molecule has 5 heteroatoms. The molecule has 0 aliphatic heterocycles. The van der Waals surface area contributed by atoms with E-state index in [1.165, 1.54) is 0 Å². The first-order valence-corrected chi connectivity index (χ1v) is 4.08. The number of hydrogen-bond acceptors (Lipinski definition) is 5. The van der Waals surface area contributed by atoms with Crippen LogP contribution in [0.3, 0.4) is 0 Å². The Balaban J connectivity index is 2.46. The Morgan fingerprint density at radius 1 is 1.50 bits per heavy atom. The Morgan fingerprint density at radius 3 is 3.14 bits per heavy atom. The summed E-state index contributed by atoms with van der Waals surface area (Å²) in [4.78, 5) is 0. The molecule has 0 radical (unpaired) electrons. The van der Waals surface area contributed by atoms with Crippen molar-refractivity contribution in [1.82, 2.24) is 5.16 Å². The molecule has 0 aliphatic carbocycles. The van der Waals surface area contributed by atoms with Crippen molar-refractivity contribution in [2.24, 2.45) is 0 Å². The van der Waals surface area contributed by atoms with E-state index >= 15 is 0 Å². The number of aromatic nitrogens is 1. The highest BCUT2D eigenvalue weighted by atomic mass is 16.7. The highest BCUT2D eigenvalue weighted by molar-refractivity contribution is 5.92. The third kappa shape index (κ3) is 1.38. The Labute approximate surface area is 80.4 Å². The van der Waals surface area contributed by atoms with E-state index in [1.54, 1.807) is 25.3 Å². The summed E-state index contributed by atoms with van der Waals surface area (Å²) in [6.07, 6.45) is 0. The molecular weight excluding hydrogens is 184 g/mol. The molecule has 14 heavy (non-hydrogen) atoms. The minimum atomic E-state index is 0.170. The maximum Gasteiger partial charge on any atom is 0.188 e. The summed E-state index contributed by atoms with van der Waals surface area (Å²) in [5.74, 6) is 0.940. The van der Waals surface area contributed by atoms with Crippen molar-refractivity contribution in [3.05, 3.63) is 18.2 Å². The summed E-state index contributed by atoms with van der Waals surface area (Å²) in [7, 11) is 1.55. The highest BCUT2D eigenvalue weighted by Gasteiger charge is 2.10. The molecule has 0 saturated heterocycles. The summed E-state index contributed by atoms with van der Waals surface area (Å²) in [6, 6.07) is 5.37. The molecule has 2 aromatic rings. The number of nitrogens with two attached hydrogens (primary N) is 1. The van der Waals surface area contributed by atoms with Gasteiger partial charge in [0.1, 0.15) is 11.1 Å². The van der Waals surface area contributed by atoms with Gasteiger partial charge in [-0.15, -0.1) is 0 Å². The SMILES string of the molecule is COCOc1cccc2onc(N)c12. The largest absolute Gasteiger partial charge is 0.467 e. The lowest BCUT2D eigenvalue weighted by molar-refractivity contribution is 0.0522. The molecule has 0 amide bonds. The number of nitrogens with zero attached hydrogens (tertiary/aromatic N) is 1. The van der Waals surface area contributed by atoms with Crippen molar-refractivity contribution in [2.75, 3.05) is 19.6 Å². The molecule has 5 nitrogen and oxygen atoms in total. The Kier molecular flexibility index (Phi) is 2.24. The molecule has 0 fully saturated rings. The van der Waals surface area contributed by atoms with Crippen LogP contribution in [-0.4, -0.2) is 19.1 Å². The molecule has 1 aromatic carbocycles. The van der Waals surface area contributed by atoms with Gasteiger partial charge in [0.05, 0.1) is 0 Å². The van der Waals surface area contributed by atoms with E-state index < -0.39 is 0 Å². The van der Waals surface area contributed by atoms with Crippen LogP contribution in [-0.2, 0) is 4.74 Å². The third-order valence-electron chi connectivity index (χ3n) is 1.82. The number of fused-ring (bicyclic) bond motifs is 1. The molecule has 0 unspecified atom stereocenters. The molecule has 0 aliphatic rings. The molecule has 2 N–H and O–H groups in total. The van der Waals surface area contributed by atoms with Crippen LogP contribution in [0.15, 0.2) is 22.7 Å². The minimum Gasteiger partial charge on any atom is -0.467 e. The van der Waals surface area contributed by atoms with Gasteiger partial charge in [0.25, 0.3) is 0 Å². The molecule has 0 saturated carbocycles. The second-order valence-electron chi connectivity index (χ2n) is 2.75. The summed E-state index contributed by atoms with van der Waals surface area (Å²) in [5, 5.41) is 4.33. The lowest BCUT2D eigenvalue weighted by Crippen LogP contribution is -1.99. The van der Waals surface area contributed by atoms with Gasteiger partial charge >= 0.3 is 0 Å². The van der Waals surface area contributed by atoms with Crippen LogP contribution in [0, 0.1) is 0 Å². The molecule has 0 bridgehead atoms.